The Morgan fingerprint density at radius 3 is 2.65 bits per heavy atom. The van der Waals surface area contributed by atoms with Crippen LogP contribution in [0.25, 0.3) is 0 Å². The van der Waals surface area contributed by atoms with Crippen LogP contribution in [0.2, 0.25) is 0 Å². The van der Waals surface area contributed by atoms with Gasteiger partial charge in [0.2, 0.25) is 10.0 Å². The van der Waals surface area contributed by atoms with Crippen LogP contribution < -0.4 is 10.0 Å². The van der Waals surface area contributed by atoms with E-state index in [9.17, 15) is 13.2 Å². The molecule has 1 aromatic carbocycles. The molecule has 0 spiro atoms. The minimum atomic E-state index is -3.21. The quantitative estimate of drug-likeness (QED) is 0.713. The zero-order valence-corrected chi connectivity index (χ0v) is 12.8. The summed E-state index contributed by atoms with van der Waals surface area (Å²) in [6, 6.07) is 7.25. The third kappa shape index (κ3) is 6.16. The average Bonchev–Trinajstić information content (AvgIpc) is 2.41. The highest BCUT2D eigenvalue weighted by Gasteiger charge is 2.09. The number of hydrogen-bond acceptors (Lipinski definition) is 3. The molecule has 0 atom stereocenters. The molecule has 6 heteroatoms. The van der Waals surface area contributed by atoms with Crippen LogP contribution in [0.5, 0.6) is 0 Å². The normalized spacial score (nSPS) is 11.3. The van der Waals surface area contributed by atoms with Crippen molar-refractivity contribution in [2.75, 3.05) is 18.8 Å². The number of hydrogen-bond donors (Lipinski definition) is 2. The van der Waals surface area contributed by atoms with E-state index < -0.39 is 10.0 Å². The number of rotatable bonds is 8. The standard InChI is InChI=1S/C14H22N2O3S/c1-3-4-10-20(18,19)16-9-8-15-14(17)13-7-5-6-12(2)11-13/h5-7,11,16H,3-4,8-10H2,1-2H3,(H,15,17). The summed E-state index contributed by atoms with van der Waals surface area (Å²) in [5, 5.41) is 2.69. The monoisotopic (exact) mass is 298 g/mol. The molecule has 0 aliphatic heterocycles. The molecule has 1 amide bonds. The van der Waals surface area contributed by atoms with E-state index in [-0.39, 0.29) is 24.7 Å². The van der Waals surface area contributed by atoms with Gasteiger partial charge in [-0.25, -0.2) is 13.1 Å². The predicted octanol–water partition coefficient (Wildman–Crippen LogP) is 1.44. The molecule has 0 saturated carbocycles. The second kappa shape index (κ2) is 8.01. The summed E-state index contributed by atoms with van der Waals surface area (Å²) < 4.78 is 25.5. The van der Waals surface area contributed by atoms with Crippen molar-refractivity contribution in [2.45, 2.75) is 26.7 Å². The van der Waals surface area contributed by atoms with Crippen molar-refractivity contribution in [1.82, 2.24) is 10.0 Å². The SMILES string of the molecule is CCCCS(=O)(=O)NCCNC(=O)c1cccc(C)c1. The van der Waals surface area contributed by atoms with Crippen LogP contribution in [-0.4, -0.2) is 33.2 Å². The molecule has 0 saturated heterocycles. The van der Waals surface area contributed by atoms with Gasteiger partial charge in [-0.1, -0.05) is 31.0 Å². The molecule has 1 aromatic rings. The number of unbranched alkanes of at least 4 members (excludes halogenated alkanes) is 1. The molecular weight excluding hydrogens is 276 g/mol. The average molecular weight is 298 g/mol. The molecule has 0 unspecified atom stereocenters. The Labute approximate surface area is 120 Å². The Balaban J connectivity index is 2.33. The number of benzene rings is 1. The van der Waals surface area contributed by atoms with Gasteiger partial charge in [0.15, 0.2) is 0 Å². The van der Waals surface area contributed by atoms with Crippen molar-refractivity contribution in [3.05, 3.63) is 35.4 Å². The van der Waals surface area contributed by atoms with Gasteiger partial charge in [-0.3, -0.25) is 4.79 Å². The Morgan fingerprint density at radius 1 is 1.25 bits per heavy atom. The maximum atomic E-state index is 11.8. The first-order chi connectivity index (χ1) is 9.44. The van der Waals surface area contributed by atoms with Gasteiger partial charge in [0.25, 0.3) is 5.91 Å². The lowest BCUT2D eigenvalue weighted by Crippen LogP contribution is -2.35. The topological polar surface area (TPSA) is 75.3 Å². The van der Waals surface area contributed by atoms with Gasteiger partial charge >= 0.3 is 0 Å². The van der Waals surface area contributed by atoms with E-state index in [4.69, 9.17) is 0 Å². The molecule has 112 valence electrons. The van der Waals surface area contributed by atoms with Gasteiger partial charge in [-0.2, -0.15) is 0 Å². The molecule has 0 aliphatic rings. The van der Waals surface area contributed by atoms with Gasteiger partial charge in [-0.05, 0) is 25.5 Å². The van der Waals surface area contributed by atoms with Gasteiger partial charge in [0.1, 0.15) is 0 Å². The number of carbonyl (C=O) groups is 1. The Kier molecular flexibility index (Phi) is 6.67. The van der Waals surface area contributed by atoms with Gasteiger partial charge in [0, 0.05) is 18.7 Å². The van der Waals surface area contributed by atoms with Gasteiger partial charge < -0.3 is 5.32 Å². The highest BCUT2D eigenvalue weighted by molar-refractivity contribution is 7.89. The van der Waals surface area contributed by atoms with Crippen molar-refractivity contribution in [2.24, 2.45) is 0 Å². The smallest absolute Gasteiger partial charge is 0.251 e. The maximum Gasteiger partial charge on any atom is 0.251 e. The molecule has 20 heavy (non-hydrogen) atoms. The summed E-state index contributed by atoms with van der Waals surface area (Å²) in [5.74, 6) is -0.0588. The third-order valence-corrected chi connectivity index (χ3v) is 4.25. The fourth-order valence-corrected chi connectivity index (χ4v) is 2.90. The van der Waals surface area contributed by atoms with E-state index in [1.165, 1.54) is 0 Å². The lowest BCUT2D eigenvalue weighted by Gasteiger charge is -2.08. The Bertz CT molecular complexity index is 541. The Hall–Kier alpha value is -1.40. The van der Waals surface area contributed by atoms with Gasteiger partial charge in [-0.15, -0.1) is 0 Å². The molecule has 0 heterocycles. The predicted molar refractivity (Wildman–Crippen MR) is 80.2 cm³/mol. The van der Waals surface area contributed by atoms with Crippen LogP contribution in [0.15, 0.2) is 24.3 Å². The van der Waals surface area contributed by atoms with E-state index in [0.29, 0.717) is 12.0 Å². The number of amides is 1. The van der Waals surface area contributed by atoms with Crippen LogP contribution in [-0.2, 0) is 10.0 Å². The fraction of sp³-hybridized carbons (Fsp3) is 0.500. The molecule has 0 radical (unpaired) electrons. The second-order valence-electron chi connectivity index (χ2n) is 4.69. The summed E-state index contributed by atoms with van der Waals surface area (Å²) in [5.41, 5.74) is 1.59. The summed E-state index contributed by atoms with van der Waals surface area (Å²) in [4.78, 5) is 11.8. The van der Waals surface area contributed by atoms with Crippen molar-refractivity contribution in [3.8, 4) is 0 Å². The summed E-state index contributed by atoms with van der Waals surface area (Å²) in [6.07, 6.45) is 1.48. The number of sulfonamides is 1. The number of aryl methyl sites for hydroxylation is 1. The van der Waals surface area contributed by atoms with Crippen LogP contribution in [0, 0.1) is 6.92 Å². The van der Waals surface area contributed by atoms with Crippen molar-refractivity contribution in [1.29, 1.82) is 0 Å². The van der Waals surface area contributed by atoms with E-state index in [2.05, 4.69) is 10.0 Å². The van der Waals surface area contributed by atoms with Crippen molar-refractivity contribution in [3.63, 3.8) is 0 Å². The molecule has 5 nitrogen and oxygen atoms in total. The minimum Gasteiger partial charge on any atom is -0.351 e. The van der Waals surface area contributed by atoms with E-state index >= 15 is 0 Å². The molecule has 0 aliphatic carbocycles. The highest BCUT2D eigenvalue weighted by Crippen LogP contribution is 2.03. The first kappa shape index (κ1) is 16.7. The lowest BCUT2D eigenvalue weighted by molar-refractivity contribution is 0.0954. The largest absolute Gasteiger partial charge is 0.351 e. The lowest BCUT2D eigenvalue weighted by atomic mass is 10.1. The summed E-state index contributed by atoms with van der Waals surface area (Å²) in [7, 11) is -3.21. The zero-order valence-electron chi connectivity index (χ0n) is 12.0. The van der Waals surface area contributed by atoms with E-state index in [1.54, 1.807) is 12.1 Å². The number of carbonyl (C=O) groups excluding carboxylic acids is 1. The molecule has 0 bridgehead atoms. The van der Waals surface area contributed by atoms with Crippen LogP contribution >= 0.6 is 0 Å². The molecule has 0 fully saturated rings. The molecular formula is C14H22N2O3S. The fourth-order valence-electron chi connectivity index (χ4n) is 1.68. The van der Waals surface area contributed by atoms with E-state index in [0.717, 1.165) is 12.0 Å². The van der Waals surface area contributed by atoms with Crippen LogP contribution in [0.3, 0.4) is 0 Å². The summed E-state index contributed by atoms with van der Waals surface area (Å²) in [6.45, 7) is 4.35. The molecule has 0 aromatic heterocycles. The van der Waals surface area contributed by atoms with Crippen molar-refractivity contribution >= 4 is 15.9 Å². The van der Waals surface area contributed by atoms with Crippen LogP contribution in [0.1, 0.15) is 35.7 Å². The first-order valence-electron chi connectivity index (χ1n) is 6.77. The maximum absolute atomic E-state index is 11.8. The van der Waals surface area contributed by atoms with E-state index in [1.807, 2.05) is 26.0 Å². The summed E-state index contributed by atoms with van der Waals surface area (Å²) >= 11 is 0. The van der Waals surface area contributed by atoms with Crippen molar-refractivity contribution < 1.29 is 13.2 Å². The second-order valence-corrected chi connectivity index (χ2v) is 6.62. The molecule has 1 rings (SSSR count). The molecule has 2 N–H and O–H groups in total. The van der Waals surface area contributed by atoms with Gasteiger partial charge in [0.05, 0.1) is 5.75 Å². The third-order valence-electron chi connectivity index (χ3n) is 2.78. The number of nitrogens with one attached hydrogen (secondary N) is 2. The van der Waals surface area contributed by atoms with Crippen LogP contribution in [0.4, 0.5) is 0 Å². The Morgan fingerprint density at radius 2 is 2.00 bits per heavy atom. The highest BCUT2D eigenvalue weighted by atomic mass is 32.2. The first-order valence-corrected chi connectivity index (χ1v) is 8.42. The zero-order chi connectivity index (χ0) is 15.0. The minimum absolute atomic E-state index is 0.134.